The van der Waals surface area contributed by atoms with Crippen molar-refractivity contribution < 1.29 is 54.4 Å². The first-order chi connectivity index (χ1) is 16.0. The molecule has 2 aromatic carbocycles. The number of aliphatic hydroxyl groups excluding tert-OH is 3. The van der Waals surface area contributed by atoms with E-state index in [0.29, 0.717) is 0 Å². The number of rotatable bonds is 4. The molecule has 1 aliphatic rings. The fraction of sp³-hybridized carbons (Fsp3) is 0.318. The summed E-state index contributed by atoms with van der Waals surface area (Å²) in [6, 6.07) is 4.15. The lowest BCUT2D eigenvalue weighted by Gasteiger charge is -2.38. The van der Waals surface area contributed by atoms with E-state index in [4.69, 9.17) is 18.6 Å². The van der Waals surface area contributed by atoms with Crippen LogP contribution in [-0.2, 0) is 4.74 Å². The maximum atomic E-state index is 13.3. The fourth-order valence-corrected chi connectivity index (χ4v) is 3.73. The van der Waals surface area contributed by atoms with Crippen molar-refractivity contribution in [3.05, 3.63) is 34.5 Å². The van der Waals surface area contributed by atoms with Crippen molar-refractivity contribution in [2.75, 3.05) is 7.11 Å². The van der Waals surface area contributed by atoms with Gasteiger partial charge in [0.05, 0.1) is 13.2 Å². The number of phenolic OH excluding ortho intramolecular Hbond substituents is 4. The molecule has 1 fully saturated rings. The van der Waals surface area contributed by atoms with Crippen molar-refractivity contribution in [1.29, 1.82) is 0 Å². The van der Waals surface area contributed by atoms with E-state index in [-0.39, 0.29) is 28.0 Å². The van der Waals surface area contributed by atoms with Crippen LogP contribution in [0.4, 0.5) is 0 Å². The van der Waals surface area contributed by atoms with E-state index in [1.165, 1.54) is 14.0 Å². The highest BCUT2D eigenvalue weighted by atomic mass is 16.7. The van der Waals surface area contributed by atoms with Gasteiger partial charge in [0.15, 0.2) is 17.3 Å². The molecular weight excluding hydrogens is 456 g/mol. The van der Waals surface area contributed by atoms with Crippen LogP contribution in [0.25, 0.3) is 22.3 Å². The van der Waals surface area contributed by atoms with E-state index < -0.39 is 64.9 Å². The SMILES string of the molecule is COc1c(O)cc(-c2oc3cc(O)cc(O)c3c(=O)c2O[C@H]2O[C@H](C)[C@@H](O)[C@H](O)[C@@H]2O)cc1O. The average Bonchev–Trinajstić information content (AvgIpc) is 2.76. The Kier molecular flexibility index (Phi) is 5.91. The lowest BCUT2D eigenvalue weighted by Crippen LogP contribution is -2.58. The largest absolute Gasteiger partial charge is 0.508 e. The van der Waals surface area contributed by atoms with Crippen LogP contribution < -0.4 is 14.9 Å². The lowest BCUT2D eigenvalue weighted by atomic mass is 10.00. The number of aliphatic hydroxyl groups is 3. The zero-order chi connectivity index (χ0) is 24.9. The summed E-state index contributed by atoms with van der Waals surface area (Å²) in [5.74, 6) is -3.30. The Morgan fingerprint density at radius 3 is 2.12 bits per heavy atom. The average molecular weight is 478 g/mol. The maximum absolute atomic E-state index is 13.3. The Morgan fingerprint density at radius 1 is 0.853 bits per heavy atom. The van der Waals surface area contributed by atoms with Crippen molar-refractivity contribution >= 4 is 11.0 Å². The molecule has 1 aliphatic heterocycles. The van der Waals surface area contributed by atoms with Gasteiger partial charge in [-0.3, -0.25) is 4.79 Å². The van der Waals surface area contributed by atoms with E-state index in [0.717, 1.165) is 24.3 Å². The fourth-order valence-electron chi connectivity index (χ4n) is 3.73. The van der Waals surface area contributed by atoms with Crippen LogP contribution in [0.15, 0.2) is 33.5 Å². The molecule has 0 unspecified atom stereocenters. The zero-order valence-corrected chi connectivity index (χ0v) is 17.9. The van der Waals surface area contributed by atoms with Crippen LogP contribution >= 0.6 is 0 Å². The second-order valence-electron chi connectivity index (χ2n) is 7.77. The van der Waals surface area contributed by atoms with Crippen LogP contribution in [-0.4, -0.2) is 73.6 Å². The zero-order valence-electron chi connectivity index (χ0n) is 17.9. The van der Waals surface area contributed by atoms with Gasteiger partial charge in [-0.15, -0.1) is 0 Å². The number of phenols is 4. The number of hydrogen-bond donors (Lipinski definition) is 7. The van der Waals surface area contributed by atoms with E-state index in [1.54, 1.807) is 0 Å². The van der Waals surface area contributed by atoms with Crippen LogP contribution in [0.2, 0.25) is 0 Å². The highest BCUT2D eigenvalue weighted by molar-refractivity contribution is 5.88. The third kappa shape index (κ3) is 3.82. The van der Waals surface area contributed by atoms with Crippen LogP contribution in [0.3, 0.4) is 0 Å². The number of benzene rings is 2. The third-order valence-corrected chi connectivity index (χ3v) is 5.48. The minimum Gasteiger partial charge on any atom is -0.508 e. The molecule has 1 aromatic heterocycles. The molecule has 0 aliphatic carbocycles. The van der Waals surface area contributed by atoms with Crippen LogP contribution in [0.5, 0.6) is 34.5 Å². The summed E-state index contributed by atoms with van der Waals surface area (Å²) in [5, 5.41) is 70.4. The van der Waals surface area contributed by atoms with Gasteiger partial charge in [0.1, 0.15) is 40.8 Å². The Morgan fingerprint density at radius 2 is 1.50 bits per heavy atom. The maximum Gasteiger partial charge on any atom is 0.239 e. The summed E-state index contributed by atoms with van der Waals surface area (Å²) < 4.78 is 21.6. The summed E-state index contributed by atoms with van der Waals surface area (Å²) in [5.41, 5.74) is -1.28. The summed E-state index contributed by atoms with van der Waals surface area (Å²) >= 11 is 0. The molecule has 0 spiro atoms. The molecule has 2 heterocycles. The molecule has 0 amide bonds. The van der Waals surface area contributed by atoms with Crippen molar-refractivity contribution in [2.45, 2.75) is 37.6 Å². The molecule has 4 rings (SSSR count). The van der Waals surface area contributed by atoms with Crippen molar-refractivity contribution in [3.8, 4) is 45.8 Å². The lowest BCUT2D eigenvalue weighted by molar-refractivity contribution is -0.268. The van der Waals surface area contributed by atoms with Gasteiger partial charge in [-0.2, -0.15) is 0 Å². The molecule has 7 N–H and O–H groups in total. The summed E-state index contributed by atoms with van der Waals surface area (Å²) in [6.07, 6.45) is -7.50. The first-order valence-electron chi connectivity index (χ1n) is 10.0. The molecule has 1 saturated heterocycles. The van der Waals surface area contributed by atoms with Crippen molar-refractivity contribution in [3.63, 3.8) is 0 Å². The number of fused-ring (bicyclic) bond motifs is 1. The smallest absolute Gasteiger partial charge is 0.239 e. The van der Waals surface area contributed by atoms with Crippen molar-refractivity contribution in [1.82, 2.24) is 0 Å². The number of methoxy groups -OCH3 is 1. The molecule has 5 atom stereocenters. The van der Waals surface area contributed by atoms with E-state index in [2.05, 4.69) is 0 Å². The molecule has 3 aromatic rings. The minimum absolute atomic E-state index is 0.0773. The molecule has 34 heavy (non-hydrogen) atoms. The molecule has 0 saturated carbocycles. The van der Waals surface area contributed by atoms with Gasteiger partial charge in [-0.25, -0.2) is 0 Å². The Hall–Kier alpha value is -3.71. The van der Waals surface area contributed by atoms with Crippen LogP contribution in [0, 0.1) is 0 Å². The predicted octanol–water partition coefficient (Wildman–Crippen LogP) is 0.497. The number of hydrogen-bond acceptors (Lipinski definition) is 12. The quantitative estimate of drug-likeness (QED) is 0.274. The van der Waals surface area contributed by atoms with Gasteiger partial charge in [0.25, 0.3) is 0 Å². The van der Waals surface area contributed by atoms with Crippen LogP contribution in [0.1, 0.15) is 6.92 Å². The number of ether oxygens (including phenoxy) is 3. The molecule has 182 valence electrons. The van der Waals surface area contributed by atoms with E-state index >= 15 is 0 Å². The van der Waals surface area contributed by atoms with Gasteiger partial charge in [0, 0.05) is 17.7 Å². The molecule has 12 heteroatoms. The molecule has 0 radical (unpaired) electrons. The molecule has 12 nitrogen and oxygen atoms in total. The predicted molar refractivity (Wildman–Crippen MR) is 114 cm³/mol. The Balaban J connectivity index is 1.94. The normalized spacial score (nSPS) is 24.8. The van der Waals surface area contributed by atoms with E-state index in [1.807, 2.05) is 0 Å². The first-order valence-corrected chi connectivity index (χ1v) is 10.0. The summed E-state index contributed by atoms with van der Waals surface area (Å²) in [4.78, 5) is 13.3. The molecule has 0 bridgehead atoms. The number of aromatic hydroxyl groups is 4. The summed E-state index contributed by atoms with van der Waals surface area (Å²) in [7, 11) is 1.22. The first kappa shape index (κ1) is 23.4. The summed E-state index contributed by atoms with van der Waals surface area (Å²) in [6.45, 7) is 1.41. The van der Waals surface area contributed by atoms with Gasteiger partial charge >= 0.3 is 0 Å². The van der Waals surface area contributed by atoms with Gasteiger partial charge in [-0.1, -0.05) is 0 Å². The minimum atomic E-state index is -1.78. The third-order valence-electron chi connectivity index (χ3n) is 5.48. The van der Waals surface area contributed by atoms with Gasteiger partial charge < -0.3 is 54.4 Å². The highest BCUT2D eigenvalue weighted by Crippen LogP contribution is 2.43. The van der Waals surface area contributed by atoms with Gasteiger partial charge in [0.2, 0.25) is 23.2 Å². The monoisotopic (exact) mass is 478 g/mol. The highest BCUT2D eigenvalue weighted by Gasteiger charge is 2.44. The standard InChI is InChI=1S/C22H22O12/c1-7-15(27)17(29)18(30)22(32-7)34-21-16(28)14-10(24)5-9(23)6-13(14)33-19(21)8-3-11(25)20(31-2)12(26)4-8/h3-7,15,17-18,22-27,29-30H,1-2H3/t7-,15-,17+,18+,22-/m1/s1. The Bertz CT molecular complexity index is 1280. The topological polar surface area (TPSA) is 200 Å². The van der Waals surface area contributed by atoms with Crippen molar-refractivity contribution in [2.24, 2.45) is 0 Å². The van der Waals surface area contributed by atoms with E-state index in [9.17, 15) is 40.5 Å². The second kappa shape index (κ2) is 8.57. The van der Waals surface area contributed by atoms with Gasteiger partial charge in [-0.05, 0) is 19.1 Å². The molecular formula is C22H22O12. The second-order valence-corrected chi connectivity index (χ2v) is 7.77. The Labute approximate surface area is 191 Å².